The minimum atomic E-state index is -4.41. The van der Waals surface area contributed by atoms with E-state index in [1.54, 1.807) is 11.8 Å². The van der Waals surface area contributed by atoms with Crippen molar-refractivity contribution in [3.05, 3.63) is 64.2 Å². The van der Waals surface area contributed by atoms with Gasteiger partial charge in [-0.05, 0) is 87.1 Å². The standard InChI is InChI=1S/C27H33F3N2O3/c1-17(33)16-35-25-12-11-23(18(2)19(25)3)24-6-4-5-22-15-31(13-14-32(22)24)26(34)20-7-9-21(10-8-20)27(28,29)30/h7-12,17,22,24,33H,4-6,13-16H2,1-3H3. The van der Waals surface area contributed by atoms with Gasteiger partial charge in [0.05, 0.1) is 11.7 Å². The molecule has 35 heavy (non-hydrogen) atoms. The van der Waals surface area contributed by atoms with Crippen LogP contribution in [-0.4, -0.2) is 59.2 Å². The van der Waals surface area contributed by atoms with Gasteiger partial charge in [0.25, 0.3) is 5.91 Å². The van der Waals surface area contributed by atoms with E-state index >= 15 is 0 Å². The molecule has 2 aromatic rings. The lowest BCUT2D eigenvalue weighted by Gasteiger charge is -2.49. The van der Waals surface area contributed by atoms with Gasteiger partial charge in [-0.15, -0.1) is 0 Å². The molecule has 2 aliphatic rings. The lowest BCUT2D eigenvalue weighted by atomic mass is 9.86. The molecule has 2 aliphatic heterocycles. The summed E-state index contributed by atoms with van der Waals surface area (Å²) in [6, 6.07) is 9.05. The van der Waals surface area contributed by atoms with Crippen LogP contribution < -0.4 is 4.74 Å². The van der Waals surface area contributed by atoms with Crippen LogP contribution in [0.25, 0.3) is 0 Å². The highest BCUT2D eigenvalue weighted by Gasteiger charge is 2.38. The van der Waals surface area contributed by atoms with Crippen molar-refractivity contribution in [3.8, 4) is 5.75 Å². The summed E-state index contributed by atoms with van der Waals surface area (Å²) in [5.41, 5.74) is 3.06. The quantitative estimate of drug-likeness (QED) is 0.631. The molecule has 2 saturated heterocycles. The van der Waals surface area contributed by atoms with Crippen molar-refractivity contribution in [2.75, 3.05) is 26.2 Å². The molecule has 0 saturated carbocycles. The molecule has 0 aromatic heterocycles. The van der Waals surface area contributed by atoms with E-state index in [4.69, 9.17) is 4.74 Å². The molecule has 5 nitrogen and oxygen atoms in total. The van der Waals surface area contributed by atoms with Gasteiger partial charge in [-0.2, -0.15) is 13.2 Å². The maximum Gasteiger partial charge on any atom is 0.416 e. The van der Waals surface area contributed by atoms with Crippen LogP contribution in [0.4, 0.5) is 13.2 Å². The van der Waals surface area contributed by atoms with Crippen molar-refractivity contribution in [3.63, 3.8) is 0 Å². The second-order valence-electron chi connectivity index (χ2n) is 9.73. The third-order valence-corrected chi connectivity index (χ3v) is 7.31. The van der Waals surface area contributed by atoms with Crippen molar-refractivity contribution in [2.45, 2.75) is 64.4 Å². The van der Waals surface area contributed by atoms with Crippen molar-refractivity contribution >= 4 is 5.91 Å². The minimum Gasteiger partial charge on any atom is -0.491 e. The molecule has 0 spiro atoms. The third-order valence-electron chi connectivity index (χ3n) is 7.31. The van der Waals surface area contributed by atoms with E-state index in [0.717, 1.165) is 49.3 Å². The number of hydrogen-bond donors (Lipinski definition) is 1. The summed E-state index contributed by atoms with van der Waals surface area (Å²) in [4.78, 5) is 17.3. The second kappa shape index (κ2) is 10.2. The van der Waals surface area contributed by atoms with E-state index in [2.05, 4.69) is 17.9 Å². The fraction of sp³-hybridized carbons (Fsp3) is 0.519. The molecule has 2 fully saturated rings. The Morgan fingerprint density at radius 2 is 1.80 bits per heavy atom. The molecule has 8 heteroatoms. The minimum absolute atomic E-state index is 0.215. The first-order chi connectivity index (χ1) is 16.6. The van der Waals surface area contributed by atoms with Gasteiger partial charge in [-0.3, -0.25) is 9.69 Å². The number of fused-ring (bicyclic) bond motifs is 1. The summed E-state index contributed by atoms with van der Waals surface area (Å²) in [5, 5.41) is 9.53. The maximum absolute atomic E-state index is 13.0. The number of ether oxygens (including phenoxy) is 1. The molecular formula is C27H33F3N2O3. The molecule has 2 aromatic carbocycles. The van der Waals surface area contributed by atoms with Gasteiger partial charge < -0.3 is 14.7 Å². The first-order valence-electron chi connectivity index (χ1n) is 12.2. The monoisotopic (exact) mass is 490 g/mol. The zero-order valence-corrected chi connectivity index (χ0v) is 20.4. The van der Waals surface area contributed by atoms with Crippen molar-refractivity contribution in [1.82, 2.24) is 9.80 Å². The fourth-order valence-electron chi connectivity index (χ4n) is 5.30. The number of piperidine rings is 1. The lowest BCUT2D eigenvalue weighted by Crippen LogP contribution is -2.57. The summed E-state index contributed by atoms with van der Waals surface area (Å²) >= 11 is 0. The van der Waals surface area contributed by atoms with E-state index in [-0.39, 0.29) is 30.2 Å². The van der Waals surface area contributed by atoms with Crippen LogP contribution in [0, 0.1) is 13.8 Å². The summed E-state index contributed by atoms with van der Waals surface area (Å²) in [5.74, 6) is 0.568. The average molecular weight is 491 g/mol. The number of nitrogens with zero attached hydrogens (tertiary/aromatic N) is 2. The molecular weight excluding hydrogens is 457 g/mol. The number of halogens is 3. The predicted octanol–water partition coefficient (Wildman–Crippen LogP) is 5.13. The van der Waals surface area contributed by atoms with Crippen LogP contribution >= 0.6 is 0 Å². The van der Waals surface area contributed by atoms with Gasteiger partial charge in [0.2, 0.25) is 0 Å². The number of aliphatic hydroxyl groups excluding tert-OH is 1. The van der Waals surface area contributed by atoms with Crippen LogP contribution in [-0.2, 0) is 6.18 Å². The molecule has 0 radical (unpaired) electrons. The fourth-order valence-corrected chi connectivity index (χ4v) is 5.30. The summed E-state index contributed by atoms with van der Waals surface area (Å²) in [7, 11) is 0. The average Bonchev–Trinajstić information content (AvgIpc) is 2.83. The zero-order valence-electron chi connectivity index (χ0n) is 20.4. The topological polar surface area (TPSA) is 53.0 Å². The van der Waals surface area contributed by atoms with Crippen LogP contribution in [0.5, 0.6) is 5.75 Å². The number of carbonyl (C=O) groups excluding carboxylic acids is 1. The van der Waals surface area contributed by atoms with Gasteiger partial charge in [-0.25, -0.2) is 0 Å². The highest BCUT2D eigenvalue weighted by Crippen LogP contribution is 2.39. The molecule has 190 valence electrons. The number of piperazine rings is 1. The number of alkyl halides is 3. The Hall–Kier alpha value is -2.58. The summed E-state index contributed by atoms with van der Waals surface area (Å²) < 4.78 is 44.4. The third kappa shape index (κ3) is 5.48. The second-order valence-corrected chi connectivity index (χ2v) is 9.73. The first-order valence-corrected chi connectivity index (χ1v) is 12.2. The molecule has 1 N–H and O–H groups in total. The number of aliphatic hydroxyl groups is 1. The number of hydrogen-bond acceptors (Lipinski definition) is 4. The Bertz CT molecular complexity index is 1050. The van der Waals surface area contributed by atoms with E-state index < -0.39 is 17.8 Å². The molecule has 3 atom stereocenters. The van der Waals surface area contributed by atoms with Crippen molar-refractivity contribution in [1.29, 1.82) is 0 Å². The maximum atomic E-state index is 13.0. The molecule has 0 bridgehead atoms. The molecule has 0 aliphatic carbocycles. The van der Waals surface area contributed by atoms with Crippen LogP contribution in [0.3, 0.4) is 0 Å². The van der Waals surface area contributed by atoms with E-state index in [1.807, 2.05) is 13.0 Å². The van der Waals surface area contributed by atoms with Crippen molar-refractivity contribution < 1.29 is 27.8 Å². The number of carbonyl (C=O) groups is 1. The molecule has 3 unspecified atom stereocenters. The smallest absolute Gasteiger partial charge is 0.416 e. The van der Waals surface area contributed by atoms with Gasteiger partial charge in [-0.1, -0.05) is 6.07 Å². The van der Waals surface area contributed by atoms with Crippen LogP contribution in [0.1, 0.15) is 64.8 Å². The Kier molecular flexibility index (Phi) is 7.43. The van der Waals surface area contributed by atoms with Crippen molar-refractivity contribution in [2.24, 2.45) is 0 Å². The zero-order chi connectivity index (χ0) is 25.3. The van der Waals surface area contributed by atoms with Gasteiger partial charge in [0, 0.05) is 37.3 Å². The van der Waals surface area contributed by atoms with Gasteiger partial charge >= 0.3 is 6.18 Å². The highest BCUT2D eigenvalue weighted by molar-refractivity contribution is 5.94. The predicted molar refractivity (Wildman–Crippen MR) is 128 cm³/mol. The Balaban J connectivity index is 1.46. The SMILES string of the molecule is Cc1c(OCC(C)O)ccc(C2CCCC3CN(C(=O)c4ccc(C(F)(F)F)cc4)CCN32)c1C. The Labute approximate surface area is 204 Å². The molecule has 4 rings (SSSR count). The number of amides is 1. The normalized spacial score (nSPS) is 22.0. The summed E-state index contributed by atoms with van der Waals surface area (Å²) in [6.45, 7) is 7.93. The van der Waals surface area contributed by atoms with Gasteiger partial charge in [0.15, 0.2) is 0 Å². The molecule has 2 heterocycles. The van der Waals surface area contributed by atoms with E-state index in [1.165, 1.54) is 23.3 Å². The Morgan fingerprint density at radius 3 is 2.46 bits per heavy atom. The number of rotatable bonds is 5. The first kappa shape index (κ1) is 25.5. The summed E-state index contributed by atoms with van der Waals surface area (Å²) in [6.07, 6.45) is -1.87. The van der Waals surface area contributed by atoms with Crippen LogP contribution in [0.2, 0.25) is 0 Å². The lowest BCUT2D eigenvalue weighted by molar-refractivity contribution is -0.137. The number of benzene rings is 2. The largest absolute Gasteiger partial charge is 0.491 e. The van der Waals surface area contributed by atoms with E-state index in [9.17, 15) is 23.1 Å². The highest BCUT2D eigenvalue weighted by atomic mass is 19.4. The van der Waals surface area contributed by atoms with Crippen LogP contribution in [0.15, 0.2) is 36.4 Å². The van der Waals surface area contributed by atoms with Gasteiger partial charge in [0.1, 0.15) is 12.4 Å². The molecule has 1 amide bonds. The van der Waals surface area contributed by atoms with E-state index in [0.29, 0.717) is 13.1 Å². The Morgan fingerprint density at radius 1 is 1.09 bits per heavy atom.